The van der Waals surface area contributed by atoms with Crippen LogP contribution in [-0.4, -0.2) is 87.4 Å². The fourth-order valence-electron chi connectivity index (χ4n) is 9.47. The van der Waals surface area contributed by atoms with Crippen molar-refractivity contribution in [2.45, 2.75) is 96.2 Å². The second-order valence-electron chi connectivity index (χ2n) is 17.0. The minimum Gasteiger partial charge on any atom is -0.355 e. The minimum absolute atomic E-state index is 0.0681. The molecule has 2 aromatic heterocycles. The van der Waals surface area contributed by atoms with Gasteiger partial charge in [-0.15, -0.1) is 0 Å². The zero-order chi connectivity index (χ0) is 36.8. The summed E-state index contributed by atoms with van der Waals surface area (Å²) in [5.41, 5.74) is 7.56. The van der Waals surface area contributed by atoms with Crippen molar-refractivity contribution >= 4 is 45.9 Å². The molecule has 0 bridgehead atoms. The van der Waals surface area contributed by atoms with E-state index in [1.54, 1.807) is 14.0 Å². The Balaban J connectivity index is 1.10. The number of carbonyl (C=O) groups excluding carboxylic acids is 3. The van der Waals surface area contributed by atoms with Crippen molar-refractivity contribution < 1.29 is 14.4 Å². The Hall–Kier alpha value is -4.77. The van der Waals surface area contributed by atoms with Gasteiger partial charge in [-0.05, 0) is 99.2 Å². The van der Waals surface area contributed by atoms with Crippen LogP contribution in [0.15, 0.2) is 48.8 Å². The first-order valence-electron chi connectivity index (χ1n) is 19.4. The number of aryl methyl sites for hydroxylation is 1. The predicted molar refractivity (Wildman–Crippen MR) is 207 cm³/mol. The van der Waals surface area contributed by atoms with Gasteiger partial charge in [0.1, 0.15) is 5.52 Å². The van der Waals surface area contributed by atoms with Crippen molar-refractivity contribution in [3.8, 4) is 11.3 Å². The molecule has 0 unspecified atom stereocenters. The van der Waals surface area contributed by atoms with E-state index in [0.717, 1.165) is 83.6 Å². The summed E-state index contributed by atoms with van der Waals surface area (Å²) in [7, 11) is 1.64. The molecule has 0 atom stereocenters. The highest BCUT2D eigenvalue weighted by atomic mass is 16.2. The van der Waals surface area contributed by atoms with Gasteiger partial charge >= 0.3 is 0 Å². The van der Waals surface area contributed by atoms with Crippen molar-refractivity contribution in [3.05, 3.63) is 65.5 Å². The number of aromatic nitrogens is 3. The summed E-state index contributed by atoms with van der Waals surface area (Å²) in [4.78, 5) is 56.5. The molecule has 5 aliphatic rings. The fraction of sp³-hybridized carbons (Fsp3) is 0.500. The monoisotopic (exact) mass is 714 g/mol. The van der Waals surface area contributed by atoms with E-state index < -0.39 is 5.41 Å². The highest BCUT2D eigenvalue weighted by Crippen LogP contribution is 2.52. The maximum atomic E-state index is 14.8. The summed E-state index contributed by atoms with van der Waals surface area (Å²) in [6.07, 6.45) is 8.57. The van der Waals surface area contributed by atoms with Crippen molar-refractivity contribution in [2.75, 3.05) is 43.4 Å². The number of hydrogen-bond acceptors (Lipinski definition) is 7. The topological polar surface area (TPSA) is 116 Å². The van der Waals surface area contributed by atoms with Gasteiger partial charge in [0, 0.05) is 74.2 Å². The second kappa shape index (κ2) is 12.4. The van der Waals surface area contributed by atoms with Gasteiger partial charge in [0.05, 0.1) is 23.0 Å². The number of benzene rings is 2. The third kappa shape index (κ3) is 5.70. The number of nitrogens with one attached hydrogen (secondary N) is 2. The molecule has 1 spiro atoms. The van der Waals surface area contributed by atoms with E-state index in [9.17, 15) is 14.4 Å². The van der Waals surface area contributed by atoms with Crippen molar-refractivity contribution in [3.63, 3.8) is 0 Å². The SMILES string of the molecule is CNC(=O)c1cc(Nc2nc(-c3ccc4c(c3)N([C@H]3C[C@@H](N5CCC(C)(C)C5)C3)C(=O)C43CCN(C(C)=O)CC3)cc3ncn(C4CC4)c23)ccc1C. The van der Waals surface area contributed by atoms with Crippen LogP contribution in [0.1, 0.15) is 93.2 Å². The molecule has 2 aromatic carbocycles. The van der Waals surface area contributed by atoms with Gasteiger partial charge in [-0.3, -0.25) is 19.3 Å². The van der Waals surface area contributed by atoms with Crippen LogP contribution >= 0.6 is 0 Å². The minimum atomic E-state index is -0.623. The lowest BCUT2D eigenvalue weighted by Gasteiger charge is -2.46. The van der Waals surface area contributed by atoms with Crippen LogP contribution in [0.2, 0.25) is 0 Å². The molecule has 11 nitrogen and oxygen atoms in total. The summed E-state index contributed by atoms with van der Waals surface area (Å²) in [6, 6.07) is 15.3. The number of piperidine rings is 1. The number of likely N-dealkylation sites (tertiary alicyclic amines) is 2. The Kier molecular flexibility index (Phi) is 7.96. The van der Waals surface area contributed by atoms with Crippen molar-refractivity contribution in [1.29, 1.82) is 0 Å². The highest BCUT2D eigenvalue weighted by Gasteiger charge is 2.56. The Morgan fingerprint density at radius 3 is 2.38 bits per heavy atom. The molecular formula is C42H50N8O3. The van der Waals surface area contributed by atoms with E-state index in [2.05, 4.69) is 63.1 Å². The molecule has 5 heterocycles. The molecule has 9 rings (SSSR count). The number of anilines is 3. The molecular weight excluding hydrogens is 665 g/mol. The molecule has 2 N–H and O–H groups in total. The van der Waals surface area contributed by atoms with E-state index in [-0.39, 0.29) is 23.8 Å². The summed E-state index contributed by atoms with van der Waals surface area (Å²) < 4.78 is 2.22. The van der Waals surface area contributed by atoms with Gasteiger partial charge in [0.15, 0.2) is 5.82 Å². The number of nitrogens with zero attached hydrogens (tertiary/aromatic N) is 6. The van der Waals surface area contributed by atoms with Crippen LogP contribution in [0, 0.1) is 12.3 Å². The smallest absolute Gasteiger partial charge is 0.251 e. The number of amides is 3. The maximum absolute atomic E-state index is 14.8. The average Bonchev–Trinajstić information content (AvgIpc) is 3.72. The fourth-order valence-corrected chi connectivity index (χ4v) is 9.47. The van der Waals surface area contributed by atoms with Gasteiger partial charge in [-0.2, -0.15) is 0 Å². The quantitative estimate of drug-likeness (QED) is 0.230. The normalized spacial score (nSPS) is 23.4. The standard InChI is InChI=1S/C42H50N8O3/c1-25-6-8-28(19-32(25)39(52)43-5)45-38-37-35(44-24-49(37)29-9-10-29)22-34(46-38)27-7-11-33-36(18-27)50(31-20-30(21-31)48-15-12-41(3,4)23-48)40(53)42(33)13-16-47(17-14-42)26(2)51/h6-8,11,18-19,22,24,29-31H,9-10,12-17,20-21,23H2,1-5H3,(H,43,52)(H,45,46)/t30-,31+. The number of imidazole rings is 1. The van der Waals surface area contributed by atoms with Crippen LogP contribution in [0.3, 0.4) is 0 Å². The molecule has 2 saturated heterocycles. The molecule has 4 fully saturated rings. The van der Waals surface area contributed by atoms with E-state index >= 15 is 0 Å². The molecule has 3 aliphatic heterocycles. The van der Waals surface area contributed by atoms with Gasteiger partial charge in [-0.1, -0.05) is 32.0 Å². The number of carbonyl (C=O) groups is 3. The summed E-state index contributed by atoms with van der Waals surface area (Å²) in [6.45, 7) is 11.7. The maximum Gasteiger partial charge on any atom is 0.251 e. The Labute approximate surface area is 311 Å². The van der Waals surface area contributed by atoms with E-state index in [1.807, 2.05) is 36.4 Å². The van der Waals surface area contributed by atoms with Crippen molar-refractivity contribution in [2.24, 2.45) is 5.41 Å². The van der Waals surface area contributed by atoms with Gasteiger partial charge in [0.25, 0.3) is 5.91 Å². The second-order valence-corrected chi connectivity index (χ2v) is 17.0. The molecule has 276 valence electrons. The third-order valence-corrected chi connectivity index (χ3v) is 12.9. The lowest BCUT2D eigenvalue weighted by molar-refractivity contribution is -0.134. The lowest BCUT2D eigenvalue weighted by Crippen LogP contribution is -2.57. The Morgan fingerprint density at radius 2 is 1.70 bits per heavy atom. The molecule has 2 saturated carbocycles. The first-order valence-corrected chi connectivity index (χ1v) is 19.4. The van der Waals surface area contributed by atoms with E-state index in [1.165, 1.54) is 6.42 Å². The molecule has 11 heteroatoms. The molecule has 4 aromatic rings. The predicted octanol–water partition coefficient (Wildman–Crippen LogP) is 6.33. The summed E-state index contributed by atoms with van der Waals surface area (Å²) >= 11 is 0. The van der Waals surface area contributed by atoms with E-state index in [4.69, 9.17) is 9.97 Å². The van der Waals surface area contributed by atoms with E-state index in [0.29, 0.717) is 54.8 Å². The summed E-state index contributed by atoms with van der Waals surface area (Å²) in [5, 5.41) is 6.31. The number of pyridine rings is 1. The Morgan fingerprint density at radius 1 is 0.925 bits per heavy atom. The van der Waals surface area contributed by atoms with Crippen LogP contribution in [0.25, 0.3) is 22.3 Å². The van der Waals surface area contributed by atoms with Crippen LogP contribution < -0.4 is 15.5 Å². The average molecular weight is 715 g/mol. The molecule has 53 heavy (non-hydrogen) atoms. The number of fused-ring (bicyclic) bond motifs is 3. The van der Waals surface area contributed by atoms with Crippen LogP contribution in [0.4, 0.5) is 17.2 Å². The molecule has 3 amide bonds. The van der Waals surface area contributed by atoms with Crippen molar-refractivity contribution in [1.82, 2.24) is 29.7 Å². The van der Waals surface area contributed by atoms with Crippen LogP contribution in [0.5, 0.6) is 0 Å². The molecule has 0 radical (unpaired) electrons. The number of rotatable bonds is 7. The van der Waals surface area contributed by atoms with Gasteiger partial charge in [-0.25, -0.2) is 9.97 Å². The largest absolute Gasteiger partial charge is 0.355 e. The zero-order valence-electron chi connectivity index (χ0n) is 31.5. The lowest BCUT2D eigenvalue weighted by atomic mass is 9.73. The number of hydrogen-bond donors (Lipinski definition) is 2. The third-order valence-electron chi connectivity index (χ3n) is 12.9. The van der Waals surface area contributed by atoms with Gasteiger partial charge < -0.3 is 25.0 Å². The first-order chi connectivity index (χ1) is 25.4. The highest BCUT2D eigenvalue weighted by molar-refractivity contribution is 6.09. The summed E-state index contributed by atoms with van der Waals surface area (Å²) in [5.74, 6) is 0.812. The first kappa shape index (κ1) is 34.0. The van der Waals surface area contributed by atoms with Gasteiger partial charge in [0.2, 0.25) is 11.8 Å². The zero-order valence-corrected chi connectivity index (χ0v) is 31.5. The van der Waals surface area contributed by atoms with Crippen LogP contribution in [-0.2, 0) is 15.0 Å². The molecule has 2 aliphatic carbocycles. The Bertz CT molecular complexity index is 2150.